The molecule has 0 saturated carbocycles. The Balaban J connectivity index is 5.07. The van der Waals surface area contributed by atoms with Crippen LogP contribution in [0, 0.1) is 0 Å². The first-order chi connectivity index (χ1) is 20.5. The van der Waals surface area contributed by atoms with E-state index < -0.39 is 100 Å². The first-order valence-corrected chi connectivity index (χ1v) is 10.3. The van der Waals surface area contributed by atoms with Gasteiger partial charge in [0.1, 0.15) is 0 Å². The van der Waals surface area contributed by atoms with Crippen molar-refractivity contribution in [2.24, 2.45) is 0 Å². The highest BCUT2D eigenvalue weighted by Crippen LogP contribution is 2.74. The highest BCUT2D eigenvalue weighted by Gasteiger charge is 3.00. The van der Waals surface area contributed by atoms with E-state index in [0.717, 1.165) is 0 Å². The number of hydrogen-bond donors (Lipinski definition) is 0. The number of hydrogen-bond acceptors (Lipinski definition) is 0. The topological polar surface area (TPSA) is 0 Å². The first kappa shape index (κ1) is 44.5. The first-order valence-electron chi connectivity index (χ1n) is 10.3. The number of allylic oxidation sites excluding steroid dienone is 2. The van der Waals surface area contributed by atoms with Crippen LogP contribution in [0.5, 0.6) is 0 Å². The molecular weight excluding hydrogens is 812 g/mol. The molecule has 0 N–H and O–H groups in total. The third-order valence-electron chi connectivity index (χ3n) is 6.29. The van der Waals surface area contributed by atoms with Crippen LogP contribution in [-0.4, -0.2) is 89.3 Å². The molecule has 0 aliphatic heterocycles. The van der Waals surface area contributed by atoms with Crippen LogP contribution in [0.15, 0.2) is 11.1 Å². The normalized spacial score (nSPS) is 23.0. The SMILES string of the molecule is FC(F)(F)C(F)(F)C(F)(F)C(F)(F)C(F)(C1=C(C(F)(C(F)(F)F)C(F)(F)C(F)(F)C(F)(F)C(F)(F)F)C(F)(F)C(F)(F)C1(F)F)C(F)(F)F. The summed E-state index contributed by atoms with van der Waals surface area (Å²) >= 11 is 0. The van der Waals surface area contributed by atoms with Gasteiger partial charge >= 0.3 is 89.3 Å². The number of rotatable bonds is 8. The van der Waals surface area contributed by atoms with Crippen LogP contribution in [0.4, 0.5) is 140 Å². The molecular formula is C17F32. The van der Waals surface area contributed by atoms with Gasteiger partial charge in [-0.25, -0.2) is 8.78 Å². The second-order valence-electron chi connectivity index (χ2n) is 9.23. The summed E-state index contributed by atoms with van der Waals surface area (Å²) in [4.78, 5) is 0. The maximum atomic E-state index is 15.1. The maximum absolute atomic E-state index is 15.1. The Kier molecular flexibility index (Phi) is 9.36. The van der Waals surface area contributed by atoms with Gasteiger partial charge in [0.15, 0.2) is 0 Å². The van der Waals surface area contributed by atoms with Crippen molar-refractivity contribution in [3.05, 3.63) is 11.1 Å². The van der Waals surface area contributed by atoms with E-state index in [1.807, 2.05) is 0 Å². The summed E-state index contributed by atoms with van der Waals surface area (Å²) in [6, 6.07) is 0. The summed E-state index contributed by atoms with van der Waals surface area (Å²) in [6.45, 7) is 0. The van der Waals surface area contributed by atoms with Gasteiger partial charge in [-0.05, 0) is 0 Å². The van der Waals surface area contributed by atoms with E-state index in [1.165, 1.54) is 0 Å². The summed E-state index contributed by atoms with van der Waals surface area (Å²) in [6.07, 6.45) is -36.3. The van der Waals surface area contributed by atoms with Crippen LogP contribution < -0.4 is 0 Å². The zero-order valence-electron chi connectivity index (χ0n) is 20.6. The lowest BCUT2D eigenvalue weighted by molar-refractivity contribution is -0.431. The van der Waals surface area contributed by atoms with Crippen molar-refractivity contribution in [3.8, 4) is 0 Å². The fourth-order valence-corrected chi connectivity index (χ4v) is 3.74. The van der Waals surface area contributed by atoms with E-state index >= 15 is 8.78 Å². The van der Waals surface area contributed by atoms with Crippen LogP contribution in [0.1, 0.15) is 0 Å². The standard InChI is InChI=1S/C17F32/c18-3(14(38,39)40,7(24,25)10(30,31)12(34,35)16(44,45)46)1-2(6(22,23)9(28,29)5(1,20)21)4(19,15(41,42)43)8(26,27)11(32,33)13(36,37)17(47,48)49. The summed E-state index contributed by atoms with van der Waals surface area (Å²) in [5.41, 5.74) is -34.8. The molecule has 0 aromatic carbocycles. The molecule has 2 atom stereocenters. The predicted molar refractivity (Wildman–Crippen MR) is 83.4 cm³/mol. The molecule has 0 aromatic rings. The fraction of sp³-hybridized carbons (Fsp3) is 0.882. The van der Waals surface area contributed by atoms with Crippen molar-refractivity contribution < 1.29 is 140 Å². The monoisotopic (exact) mass is 812 g/mol. The number of alkyl halides is 32. The maximum Gasteiger partial charge on any atom is 0.460 e. The molecule has 0 heterocycles. The highest BCUT2D eigenvalue weighted by molar-refractivity contribution is 5.55. The van der Waals surface area contributed by atoms with Gasteiger partial charge in [-0.2, -0.15) is 132 Å². The summed E-state index contributed by atoms with van der Waals surface area (Å²) < 4.78 is 435. The van der Waals surface area contributed by atoms with Crippen LogP contribution in [0.2, 0.25) is 0 Å². The molecule has 0 saturated heterocycles. The van der Waals surface area contributed by atoms with E-state index in [4.69, 9.17) is 0 Å². The minimum Gasteiger partial charge on any atom is -0.221 e. The molecule has 0 aromatic heterocycles. The smallest absolute Gasteiger partial charge is 0.221 e. The molecule has 0 fully saturated rings. The molecule has 0 spiro atoms. The Morgan fingerprint density at radius 3 is 0.571 bits per heavy atom. The Bertz CT molecular complexity index is 1210. The van der Waals surface area contributed by atoms with Gasteiger partial charge in [0, 0.05) is 0 Å². The van der Waals surface area contributed by atoms with Gasteiger partial charge in [-0.3, -0.25) is 0 Å². The Morgan fingerprint density at radius 2 is 0.429 bits per heavy atom. The highest BCUT2D eigenvalue weighted by atomic mass is 19.5. The average Bonchev–Trinajstić information content (AvgIpc) is 2.92. The lowest BCUT2D eigenvalue weighted by Crippen LogP contribution is -2.74. The molecule has 1 aliphatic carbocycles. The van der Waals surface area contributed by atoms with Crippen molar-refractivity contribution in [3.63, 3.8) is 0 Å². The molecule has 0 amide bonds. The summed E-state index contributed by atoms with van der Waals surface area (Å²) in [5.74, 6) is -85.8. The van der Waals surface area contributed by atoms with E-state index in [-0.39, 0.29) is 0 Å². The summed E-state index contributed by atoms with van der Waals surface area (Å²) in [7, 11) is 0. The van der Waals surface area contributed by atoms with E-state index in [9.17, 15) is 132 Å². The molecule has 0 radical (unpaired) electrons. The van der Waals surface area contributed by atoms with E-state index in [0.29, 0.717) is 0 Å². The van der Waals surface area contributed by atoms with Crippen LogP contribution in [0.3, 0.4) is 0 Å². The zero-order chi connectivity index (χ0) is 40.7. The van der Waals surface area contributed by atoms with Crippen molar-refractivity contribution in [1.29, 1.82) is 0 Å². The van der Waals surface area contributed by atoms with Crippen molar-refractivity contribution in [1.82, 2.24) is 0 Å². The average molecular weight is 812 g/mol. The molecule has 0 bridgehead atoms. The minimum atomic E-state index is -10.2. The lowest BCUT2D eigenvalue weighted by Gasteiger charge is -2.45. The van der Waals surface area contributed by atoms with E-state index in [1.54, 1.807) is 0 Å². The van der Waals surface area contributed by atoms with Crippen molar-refractivity contribution in [2.45, 2.75) is 89.3 Å². The van der Waals surface area contributed by atoms with Crippen LogP contribution in [-0.2, 0) is 0 Å². The molecule has 1 aliphatic rings. The predicted octanol–water partition coefficient (Wildman–Crippen LogP) is 10.7. The van der Waals surface area contributed by atoms with Gasteiger partial charge in [-0.15, -0.1) is 0 Å². The second kappa shape index (κ2) is 10.3. The third kappa shape index (κ3) is 4.83. The van der Waals surface area contributed by atoms with Crippen molar-refractivity contribution in [2.75, 3.05) is 0 Å². The Hall–Kier alpha value is -2.50. The lowest BCUT2D eigenvalue weighted by atomic mass is 9.73. The fourth-order valence-electron chi connectivity index (χ4n) is 3.74. The van der Waals surface area contributed by atoms with Crippen LogP contribution >= 0.6 is 0 Å². The van der Waals surface area contributed by atoms with Gasteiger partial charge in [0.25, 0.3) is 0 Å². The van der Waals surface area contributed by atoms with Crippen molar-refractivity contribution >= 4 is 0 Å². The Labute approximate surface area is 242 Å². The molecule has 0 nitrogen and oxygen atoms in total. The van der Waals surface area contributed by atoms with Crippen LogP contribution in [0.25, 0.3) is 0 Å². The minimum absolute atomic E-state index is 7.24. The van der Waals surface area contributed by atoms with E-state index in [2.05, 4.69) is 0 Å². The third-order valence-corrected chi connectivity index (χ3v) is 6.29. The molecule has 1 rings (SSSR count). The van der Waals surface area contributed by atoms with Gasteiger partial charge in [0.2, 0.25) is 0 Å². The molecule has 49 heavy (non-hydrogen) atoms. The second-order valence-corrected chi connectivity index (χ2v) is 9.23. The van der Waals surface area contributed by atoms with Gasteiger partial charge in [0.05, 0.1) is 11.1 Å². The Morgan fingerprint density at radius 1 is 0.245 bits per heavy atom. The molecule has 292 valence electrons. The molecule has 2 unspecified atom stereocenters. The van der Waals surface area contributed by atoms with Gasteiger partial charge < -0.3 is 0 Å². The molecule has 32 heteroatoms. The zero-order valence-corrected chi connectivity index (χ0v) is 20.6. The largest absolute Gasteiger partial charge is 0.460 e. The quantitative estimate of drug-likeness (QED) is 0.169. The number of halogens is 32. The summed E-state index contributed by atoms with van der Waals surface area (Å²) in [5, 5.41) is 0. The van der Waals surface area contributed by atoms with Gasteiger partial charge in [-0.1, -0.05) is 0 Å².